The number of aromatic nitrogens is 4. The quantitative estimate of drug-likeness (QED) is 0.555. The number of nitrogen functional groups attached to an aromatic ring is 1. The van der Waals surface area contributed by atoms with Gasteiger partial charge < -0.3 is 11.1 Å². The zero-order valence-corrected chi connectivity index (χ0v) is 12.0. The average Bonchev–Trinajstić information content (AvgIpc) is 2.89. The molecule has 0 amide bonds. The van der Waals surface area contributed by atoms with Crippen molar-refractivity contribution in [2.24, 2.45) is 0 Å². The lowest BCUT2D eigenvalue weighted by molar-refractivity contribution is 1.02. The van der Waals surface area contributed by atoms with Gasteiger partial charge in [0.1, 0.15) is 11.6 Å². The third kappa shape index (κ3) is 1.93. The number of nitrogens with zero attached hydrogens (tertiary/aromatic N) is 4. The maximum atomic E-state index is 5.94. The highest BCUT2D eigenvalue weighted by Gasteiger charge is 2.12. The van der Waals surface area contributed by atoms with Crippen molar-refractivity contribution in [1.29, 1.82) is 0 Å². The van der Waals surface area contributed by atoms with Crippen molar-refractivity contribution in [1.82, 2.24) is 19.6 Å². The van der Waals surface area contributed by atoms with Gasteiger partial charge in [-0.25, -0.2) is 0 Å². The summed E-state index contributed by atoms with van der Waals surface area (Å²) in [5.74, 6) is 2.07. The lowest BCUT2D eigenvalue weighted by Crippen LogP contribution is -2.01. The predicted molar refractivity (Wildman–Crippen MR) is 87.2 cm³/mol. The monoisotopic (exact) mass is 290 g/mol. The van der Waals surface area contributed by atoms with Gasteiger partial charge >= 0.3 is 0 Å². The van der Waals surface area contributed by atoms with Crippen LogP contribution in [-0.4, -0.2) is 19.6 Å². The van der Waals surface area contributed by atoms with Crippen molar-refractivity contribution in [2.45, 2.75) is 6.92 Å². The Morgan fingerprint density at radius 1 is 1.05 bits per heavy atom. The zero-order chi connectivity index (χ0) is 15.1. The highest BCUT2D eigenvalue weighted by Crippen LogP contribution is 2.27. The van der Waals surface area contributed by atoms with Crippen LogP contribution in [0.15, 0.2) is 48.5 Å². The molecule has 0 fully saturated rings. The molecule has 2 aromatic carbocycles. The SMILES string of the molecule is Cc1nnc2nc(Nc3ccccc3)c3ccc(N)cc3n12. The van der Waals surface area contributed by atoms with Crippen molar-refractivity contribution in [3.63, 3.8) is 0 Å². The van der Waals surface area contributed by atoms with Crippen molar-refractivity contribution >= 4 is 33.9 Å². The Bertz CT molecular complexity index is 974. The van der Waals surface area contributed by atoms with Crippen LogP contribution in [0.5, 0.6) is 0 Å². The number of rotatable bonds is 2. The Kier molecular flexibility index (Phi) is 2.69. The minimum Gasteiger partial charge on any atom is -0.399 e. The van der Waals surface area contributed by atoms with E-state index in [0.717, 1.165) is 28.2 Å². The molecule has 0 unspecified atom stereocenters. The van der Waals surface area contributed by atoms with E-state index in [2.05, 4.69) is 20.5 Å². The van der Waals surface area contributed by atoms with E-state index in [0.29, 0.717) is 11.5 Å². The van der Waals surface area contributed by atoms with Crippen molar-refractivity contribution < 1.29 is 0 Å². The first kappa shape index (κ1) is 12.6. The Hall–Kier alpha value is -3.15. The molecule has 2 heterocycles. The van der Waals surface area contributed by atoms with Gasteiger partial charge in [-0.3, -0.25) is 4.40 Å². The summed E-state index contributed by atoms with van der Waals surface area (Å²) in [6.45, 7) is 1.90. The van der Waals surface area contributed by atoms with E-state index < -0.39 is 0 Å². The highest BCUT2D eigenvalue weighted by molar-refractivity contribution is 5.94. The van der Waals surface area contributed by atoms with E-state index in [9.17, 15) is 0 Å². The molecule has 0 saturated carbocycles. The molecule has 0 bridgehead atoms. The molecule has 0 saturated heterocycles. The third-order valence-electron chi connectivity index (χ3n) is 3.57. The van der Waals surface area contributed by atoms with Gasteiger partial charge in [-0.15, -0.1) is 10.2 Å². The number of nitrogens with one attached hydrogen (secondary N) is 1. The van der Waals surface area contributed by atoms with Crippen LogP contribution in [0, 0.1) is 6.92 Å². The van der Waals surface area contributed by atoms with Crippen LogP contribution in [0.1, 0.15) is 5.82 Å². The van der Waals surface area contributed by atoms with Crippen molar-refractivity contribution in [3.05, 3.63) is 54.4 Å². The molecular weight excluding hydrogens is 276 g/mol. The van der Waals surface area contributed by atoms with E-state index >= 15 is 0 Å². The van der Waals surface area contributed by atoms with Crippen LogP contribution in [0.25, 0.3) is 16.7 Å². The van der Waals surface area contributed by atoms with Crippen LogP contribution >= 0.6 is 0 Å². The first-order valence-corrected chi connectivity index (χ1v) is 6.95. The van der Waals surface area contributed by atoms with Gasteiger partial charge in [-0.1, -0.05) is 18.2 Å². The fourth-order valence-corrected chi connectivity index (χ4v) is 2.55. The number of aryl methyl sites for hydroxylation is 1. The molecule has 3 N–H and O–H groups in total. The summed E-state index contributed by atoms with van der Waals surface area (Å²) in [6, 6.07) is 15.6. The molecule has 108 valence electrons. The van der Waals surface area contributed by atoms with E-state index in [1.807, 2.05) is 59.9 Å². The minimum absolute atomic E-state index is 0.550. The maximum absolute atomic E-state index is 5.94. The number of hydrogen-bond donors (Lipinski definition) is 2. The van der Waals surface area contributed by atoms with Crippen LogP contribution in [0.2, 0.25) is 0 Å². The van der Waals surface area contributed by atoms with E-state index in [1.54, 1.807) is 0 Å². The molecular formula is C16H14N6. The third-order valence-corrected chi connectivity index (χ3v) is 3.57. The molecule has 0 radical (unpaired) electrons. The second-order valence-corrected chi connectivity index (χ2v) is 5.11. The highest BCUT2D eigenvalue weighted by atomic mass is 15.3. The first-order valence-electron chi connectivity index (χ1n) is 6.95. The van der Waals surface area contributed by atoms with Gasteiger partial charge in [0.2, 0.25) is 0 Å². The van der Waals surface area contributed by atoms with Gasteiger partial charge in [0.15, 0.2) is 0 Å². The second-order valence-electron chi connectivity index (χ2n) is 5.11. The molecule has 4 aromatic rings. The topological polar surface area (TPSA) is 81.1 Å². The summed E-state index contributed by atoms with van der Waals surface area (Å²) < 4.78 is 1.90. The zero-order valence-electron chi connectivity index (χ0n) is 12.0. The lowest BCUT2D eigenvalue weighted by Gasteiger charge is -2.11. The molecule has 0 aliphatic heterocycles. The summed E-state index contributed by atoms with van der Waals surface area (Å²) in [7, 11) is 0. The van der Waals surface area contributed by atoms with Gasteiger partial charge in [0, 0.05) is 16.8 Å². The smallest absolute Gasteiger partial charge is 0.257 e. The van der Waals surface area contributed by atoms with Gasteiger partial charge in [0.05, 0.1) is 5.52 Å². The van der Waals surface area contributed by atoms with E-state index in [4.69, 9.17) is 5.73 Å². The minimum atomic E-state index is 0.550. The molecule has 4 rings (SSSR count). The number of hydrogen-bond acceptors (Lipinski definition) is 5. The first-order chi connectivity index (χ1) is 10.7. The van der Waals surface area contributed by atoms with Gasteiger partial charge in [-0.2, -0.15) is 4.98 Å². The molecule has 22 heavy (non-hydrogen) atoms. The van der Waals surface area contributed by atoms with Gasteiger partial charge in [0.25, 0.3) is 5.78 Å². The number of nitrogens with two attached hydrogens (primary N) is 1. The number of benzene rings is 2. The van der Waals surface area contributed by atoms with Crippen LogP contribution in [0.3, 0.4) is 0 Å². The summed E-state index contributed by atoms with van der Waals surface area (Å²) in [4.78, 5) is 4.59. The molecule has 6 heteroatoms. The largest absolute Gasteiger partial charge is 0.399 e. The summed E-state index contributed by atoms with van der Waals surface area (Å²) >= 11 is 0. The molecule has 6 nitrogen and oxygen atoms in total. The maximum Gasteiger partial charge on any atom is 0.257 e. The molecule has 0 atom stereocenters. The summed E-state index contributed by atoms with van der Waals surface area (Å²) in [6.07, 6.45) is 0. The Morgan fingerprint density at radius 3 is 2.68 bits per heavy atom. The fourth-order valence-electron chi connectivity index (χ4n) is 2.55. The van der Waals surface area contributed by atoms with Crippen LogP contribution in [-0.2, 0) is 0 Å². The summed E-state index contributed by atoms with van der Waals surface area (Å²) in [5.41, 5.74) is 8.54. The Labute approximate surface area is 126 Å². The molecule has 0 aliphatic carbocycles. The number of fused-ring (bicyclic) bond motifs is 3. The molecule has 0 spiro atoms. The Balaban J connectivity index is 2.01. The standard InChI is InChI=1S/C16H14N6/c1-10-20-21-16-19-15(18-12-5-3-2-4-6-12)13-8-7-11(17)9-14(13)22(10)16/h2-9H,17H2,1H3,(H,18,19,21). The average molecular weight is 290 g/mol. The summed E-state index contributed by atoms with van der Waals surface area (Å²) in [5, 5.41) is 12.5. The fraction of sp³-hybridized carbons (Fsp3) is 0.0625. The number of para-hydroxylation sites is 1. The number of anilines is 3. The Morgan fingerprint density at radius 2 is 1.86 bits per heavy atom. The van der Waals surface area contributed by atoms with Crippen LogP contribution in [0.4, 0.5) is 17.2 Å². The molecule has 0 aliphatic rings. The van der Waals surface area contributed by atoms with E-state index in [1.165, 1.54) is 0 Å². The normalized spacial score (nSPS) is 11.1. The van der Waals surface area contributed by atoms with Crippen LogP contribution < -0.4 is 11.1 Å². The lowest BCUT2D eigenvalue weighted by atomic mass is 10.2. The second kappa shape index (κ2) is 4.70. The van der Waals surface area contributed by atoms with Crippen molar-refractivity contribution in [2.75, 3.05) is 11.1 Å². The molecule has 2 aromatic heterocycles. The van der Waals surface area contributed by atoms with Crippen molar-refractivity contribution in [3.8, 4) is 0 Å². The van der Waals surface area contributed by atoms with E-state index in [-0.39, 0.29) is 0 Å². The predicted octanol–water partition coefficient (Wildman–Crippen LogP) is 2.91. The van der Waals surface area contributed by atoms with Gasteiger partial charge in [-0.05, 0) is 37.3 Å².